The molecule has 2 aliphatic carbocycles. The highest BCUT2D eigenvalue weighted by Gasteiger charge is 2.38. The van der Waals surface area contributed by atoms with Gasteiger partial charge in [-0.05, 0) is 77.6 Å². The third kappa shape index (κ3) is 5.59. The summed E-state index contributed by atoms with van der Waals surface area (Å²) in [4.78, 5) is 27.1. The number of hydrogen-bond acceptors (Lipinski definition) is 4. The Hall–Kier alpha value is -1.30. The summed E-state index contributed by atoms with van der Waals surface area (Å²) in [5, 5.41) is 12.2. The quantitative estimate of drug-likeness (QED) is 0.796. The van der Waals surface area contributed by atoms with E-state index in [4.69, 9.17) is 4.74 Å². The van der Waals surface area contributed by atoms with Crippen molar-refractivity contribution < 1.29 is 19.4 Å². The number of nitrogens with zero attached hydrogens (tertiary/aromatic N) is 1. The second-order valence-corrected chi connectivity index (χ2v) is 8.62. The van der Waals surface area contributed by atoms with E-state index in [1.165, 1.54) is 0 Å². The van der Waals surface area contributed by atoms with Crippen LogP contribution in [0.3, 0.4) is 0 Å². The van der Waals surface area contributed by atoms with Gasteiger partial charge in [0.2, 0.25) is 5.91 Å². The molecule has 0 radical (unpaired) electrons. The van der Waals surface area contributed by atoms with E-state index in [9.17, 15) is 14.7 Å². The summed E-state index contributed by atoms with van der Waals surface area (Å²) in [5.74, 6) is 0.409. The second-order valence-electron chi connectivity index (χ2n) is 8.62. The maximum atomic E-state index is 13.0. The lowest BCUT2D eigenvalue weighted by Crippen LogP contribution is -2.55. The number of amides is 2. The highest BCUT2D eigenvalue weighted by molar-refractivity contribution is 5.86. The number of carbonyl (C=O) groups is 2. The molecule has 2 aliphatic rings. The number of aliphatic hydroxyl groups excluding tert-OH is 1. The Morgan fingerprint density at radius 2 is 1.76 bits per heavy atom. The molecule has 0 unspecified atom stereocenters. The zero-order valence-electron chi connectivity index (χ0n) is 16.1. The van der Waals surface area contributed by atoms with E-state index < -0.39 is 17.7 Å². The van der Waals surface area contributed by atoms with Crippen molar-refractivity contribution in [2.45, 2.75) is 83.4 Å². The van der Waals surface area contributed by atoms with Crippen LogP contribution in [0.4, 0.5) is 4.79 Å². The van der Waals surface area contributed by atoms with Gasteiger partial charge in [0, 0.05) is 19.7 Å². The molecule has 2 saturated carbocycles. The summed E-state index contributed by atoms with van der Waals surface area (Å²) in [7, 11) is 1.84. The number of likely N-dealkylation sites (N-methyl/N-ethyl adjacent to an activating group) is 1. The van der Waals surface area contributed by atoms with Crippen LogP contribution in [0.1, 0.15) is 65.7 Å². The summed E-state index contributed by atoms with van der Waals surface area (Å²) < 4.78 is 5.37. The highest BCUT2D eigenvalue weighted by atomic mass is 16.6. The Kier molecular flexibility index (Phi) is 6.72. The van der Waals surface area contributed by atoms with Gasteiger partial charge in [0.25, 0.3) is 0 Å². The molecule has 2 fully saturated rings. The first kappa shape index (κ1) is 20.0. The average molecular weight is 354 g/mol. The van der Waals surface area contributed by atoms with Crippen LogP contribution < -0.4 is 5.32 Å². The van der Waals surface area contributed by atoms with Gasteiger partial charge >= 0.3 is 6.09 Å². The molecule has 0 aromatic heterocycles. The third-order valence-electron chi connectivity index (χ3n) is 5.53. The fourth-order valence-corrected chi connectivity index (χ4v) is 3.69. The molecular weight excluding hydrogens is 320 g/mol. The molecule has 0 aromatic carbocycles. The van der Waals surface area contributed by atoms with Gasteiger partial charge in [-0.1, -0.05) is 0 Å². The van der Waals surface area contributed by atoms with Gasteiger partial charge < -0.3 is 20.1 Å². The first-order valence-corrected chi connectivity index (χ1v) is 9.58. The maximum Gasteiger partial charge on any atom is 0.408 e. The van der Waals surface area contributed by atoms with Crippen molar-refractivity contribution in [3.63, 3.8) is 0 Å². The molecule has 0 heterocycles. The van der Waals surface area contributed by atoms with E-state index in [-0.39, 0.29) is 18.4 Å². The number of ether oxygens (including phenoxy) is 1. The first-order chi connectivity index (χ1) is 11.7. The van der Waals surface area contributed by atoms with E-state index in [0.717, 1.165) is 44.9 Å². The average Bonchev–Trinajstić information content (AvgIpc) is 2.48. The van der Waals surface area contributed by atoms with E-state index in [0.29, 0.717) is 12.0 Å². The molecule has 2 rings (SSSR count). The Morgan fingerprint density at radius 1 is 1.16 bits per heavy atom. The minimum atomic E-state index is -0.591. The molecule has 0 saturated heterocycles. The van der Waals surface area contributed by atoms with Gasteiger partial charge in [0.05, 0.1) is 0 Å². The molecule has 1 atom stereocenters. The summed E-state index contributed by atoms with van der Waals surface area (Å²) >= 11 is 0. The largest absolute Gasteiger partial charge is 0.444 e. The van der Waals surface area contributed by atoms with Gasteiger partial charge in [-0.2, -0.15) is 0 Å². The predicted octanol–water partition coefficient (Wildman–Crippen LogP) is 2.69. The molecule has 0 aromatic rings. The topological polar surface area (TPSA) is 78.9 Å². The van der Waals surface area contributed by atoms with Crippen LogP contribution in [-0.4, -0.2) is 53.3 Å². The molecular formula is C19H34N2O4. The molecule has 6 heteroatoms. The van der Waals surface area contributed by atoms with Gasteiger partial charge in [0.1, 0.15) is 11.6 Å². The van der Waals surface area contributed by atoms with E-state index in [1.807, 2.05) is 32.7 Å². The van der Waals surface area contributed by atoms with Crippen molar-refractivity contribution in [2.75, 3.05) is 13.7 Å². The molecule has 0 spiro atoms. The Bertz CT molecular complexity index is 463. The number of alkyl carbamates (subject to hydrolysis) is 1. The van der Waals surface area contributed by atoms with Crippen LogP contribution in [0, 0.1) is 11.8 Å². The first-order valence-electron chi connectivity index (χ1n) is 9.58. The number of aliphatic hydroxyl groups is 1. The molecule has 0 bridgehead atoms. The second kappa shape index (κ2) is 8.39. The van der Waals surface area contributed by atoms with Gasteiger partial charge in [0.15, 0.2) is 0 Å². The SMILES string of the molecule is CN(C(=O)[C@@H](NC(=O)OC(C)(C)C)[C@H]1CC[C@H](CO)CC1)C1CCC1. The number of carbonyl (C=O) groups excluding carboxylic acids is 2. The monoisotopic (exact) mass is 354 g/mol. The van der Waals surface area contributed by atoms with Gasteiger partial charge in [-0.3, -0.25) is 4.79 Å². The van der Waals surface area contributed by atoms with Gasteiger partial charge in [-0.25, -0.2) is 4.79 Å². The summed E-state index contributed by atoms with van der Waals surface area (Å²) in [5.41, 5.74) is -0.591. The Balaban J connectivity index is 2.04. The molecule has 0 aliphatic heterocycles. The van der Waals surface area contributed by atoms with Crippen LogP contribution in [0.25, 0.3) is 0 Å². The summed E-state index contributed by atoms with van der Waals surface area (Å²) in [6.07, 6.45) is 6.19. The van der Waals surface area contributed by atoms with Crippen molar-refractivity contribution in [1.29, 1.82) is 0 Å². The van der Waals surface area contributed by atoms with Crippen LogP contribution >= 0.6 is 0 Å². The van der Waals surface area contributed by atoms with E-state index in [1.54, 1.807) is 0 Å². The maximum absolute atomic E-state index is 13.0. The minimum Gasteiger partial charge on any atom is -0.444 e. The highest BCUT2D eigenvalue weighted by Crippen LogP contribution is 2.32. The van der Waals surface area contributed by atoms with E-state index >= 15 is 0 Å². The summed E-state index contributed by atoms with van der Waals surface area (Å²) in [6, 6.07) is -0.246. The summed E-state index contributed by atoms with van der Waals surface area (Å²) in [6.45, 7) is 5.65. The van der Waals surface area contributed by atoms with Crippen molar-refractivity contribution in [1.82, 2.24) is 10.2 Å². The minimum absolute atomic E-state index is 0.0111. The molecule has 6 nitrogen and oxygen atoms in total. The van der Waals surface area contributed by atoms with Crippen LogP contribution in [-0.2, 0) is 9.53 Å². The fraction of sp³-hybridized carbons (Fsp3) is 0.895. The standard InChI is InChI=1S/C19H34N2O4/c1-19(2,3)25-18(24)20-16(14-10-8-13(12-22)9-11-14)17(23)21(4)15-6-5-7-15/h13-16,22H,5-12H2,1-4H3,(H,20,24)/t13-,14-,16-/m0/s1. The predicted molar refractivity (Wildman–Crippen MR) is 96.1 cm³/mol. The Morgan fingerprint density at radius 3 is 2.20 bits per heavy atom. The van der Waals surface area contributed by atoms with E-state index in [2.05, 4.69) is 5.32 Å². The van der Waals surface area contributed by atoms with Crippen LogP contribution in [0.15, 0.2) is 0 Å². The normalized spacial score (nSPS) is 25.6. The van der Waals surface area contributed by atoms with Crippen molar-refractivity contribution in [2.24, 2.45) is 11.8 Å². The van der Waals surface area contributed by atoms with Gasteiger partial charge in [-0.15, -0.1) is 0 Å². The molecule has 25 heavy (non-hydrogen) atoms. The fourth-order valence-electron chi connectivity index (χ4n) is 3.69. The third-order valence-corrected chi connectivity index (χ3v) is 5.53. The zero-order chi connectivity index (χ0) is 18.6. The van der Waals surface area contributed by atoms with Crippen LogP contribution in [0.2, 0.25) is 0 Å². The molecule has 2 N–H and O–H groups in total. The van der Waals surface area contributed by atoms with Crippen molar-refractivity contribution >= 4 is 12.0 Å². The van der Waals surface area contributed by atoms with Crippen molar-refractivity contribution in [3.8, 4) is 0 Å². The van der Waals surface area contributed by atoms with Crippen molar-refractivity contribution in [3.05, 3.63) is 0 Å². The lowest BCUT2D eigenvalue weighted by atomic mass is 9.78. The number of rotatable bonds is 5. The number of hydrogen-bond donors (Lipinski definition) is 2. The van der Waals surface area contributed by atoms with Crippen LogP contribution in [0.5, 0.6) is 0 Å². The lowest BCUT2D eigenvalue weighted by Gasteiger charge is -2.40. The zero-order valence-corrected chi connectivity index (χ0v) is 16.1. The number of nitrogens with one attached hydrogen (secondary N) is 1. The molecule has 144 valence electrons. The molecule has 2 amide bonds. The smallest absolute Gasteiger partial charge is 0.408 e. The Labute approximate surface area is 151 Å². The lowest BCUT2D eigenvalue weighted by molar-refractivity contribution is -0.137.